The van der Waals surface area contributed by atoms with E-state index in [9.17, 15) is 9.59 Å². The van der Waals surface area contributed by atoms with Gasteiger partial charge in [0, 0.05) is 12.8 Å². The first kappa shape index (κ1) is 24.6. The Morgan fingerprint density at radius 3 is 2.32 bits per heavy atom. The Hall–Kier alpha value is -2.42. The molecule has 0 bridgehead atoms. The minimum atomic E-state index is -0.668. The van der Waals surface area contributed by atoms with Crippen LogP contribution >= 0.6 is 0 Å². The molecule has 8 nitrogen and oxygen atoms in total. The fourth-order valence-electron chi connectivity index (χ4n) is 8.36. The first-order valence-electron chi connectivity index (χ1n) is 14.3. The van der Waals surface area contributed by atoms with Crippen molar-refractivity contribution >= 4 is 0 Å². The molecule has 38 heavy (non-hydrogen) atoms. The summed E-state index contributed by atoms with van der Waals surface area (Å²) in [6, 6.07) is 8.96. The van der Waals surface area contributed by atoms with Crippen molar-refractivity contribution in [3.8, 4) is 5.69 Å². The number of fused-ring (bicyclic) bond motifs is 7. The van der Waals surface area contributed by atoms with Crippen LogP contribution in [0.1, 0.15) is 84.7 Å². The minimum Gasteiger partial charge on any atom is -0.372 e. The van der Waals surface area contributed by atoms with E-state index in [0.717, 1.165) is 38.5 Å². The van der Waals surface area contributed by atoms with Crippen molar-refractivity contribution in [2.45, 2.75) is 102 Å². The zero-order valence-electron chi connectivity index (χ0n) is 22.9. The van der Waals surface area contributed by atoms with Gasteiger partial charge in [-0.05, 0) is 87.5 Å². The number of rotatable bonds is 2. The van der Waals surface area contributed by atoms with Gasteiger partial charge in [0.15, 0.2) is 5.79 Å². The summed E-state index contributed by atoms with van der Waals surface area (Å²) in [5.74, 6) is -0.435. The molecule has 4 fully saturated rings. The number of hydrogen-bond donors (Lipinski definition) is 0. The highest BCUT2D eigenvalue weighted by Gasteiger charge is 2.58. The van der Waals surface area contributed by atoms with Crippen LogP contribution in [0.15, 0.2) is 51.1 Å². The largest absolute Gasteiger partial charge is 0.372 e. The Balaban J connectivity index is 1.41. The summed E-state index contributed by atoms with van der Waals surface area (Å²) in [4.78, 5) is 28.4. The van der Waals surface area contributed by atoms with Crippen LogP contribution in [0, 0.1) is 11.3 Å². The molecule has 0 N–H and O–H groups in total. The highest BCUT2D eigenvalue weighted by atomic mass is 16.7. The molecule has 3 aliphatic carbocycles. The van der Waals surface area contributed by atoms with Gasteiger partial charge >= 0.3 is 11.4 Å². The van der Waals surface area contributed by atoms with E-state index in [1.54, 1.807) is 4.68 Å². The van der Waals surface area contributed by atoms with Gasteiger partial charge in [0.2, 0.25) is 0 Å². The van der Waals surface area contributed by atoms with Gasteiger partial charge in [-0.2, -0.15) is 0 Å². The molecule has 2 aliphatic heterocycles. The van der Waals surface area contributed by atoms with Crippen LogP contribution in [0.25, 0.3) is 5.69 Å². The minimum absolute atomic E-state index is 0.0580. The summed E-state index contributed by atoms with van der Waals surface area (Å²) < 4.78 is 23.8. The zero-order valence-corrected chi connectivity index (χ0v) is 22.9. The predicted octanol–water partition coefficient (Wildman–Crippen LogP) is 4.51. The van der Waals surface area contributed by atoms with Crippen LogP contribution in [-0.4, -0.2) is 44.6 Å². The van der Waals surface area contributed by atoms with Gasteiger partial charge < -0.3 is 14.2 Å². The first-order valence-corrected chi connectivity index (χ1v) is 14.3. The maximum Gasteiger partial charge on any atom is 0.352 e. The van der Waals surface area contributed by atoms with Crippen molar-refractivity contribution in [1.29, 1.82) is 0 Å². The van der Waals surface area contributed by atoms with Crippen molar-refractivity contribution in [2.75, 3.05) is 13.2 Å². The molecular weight excluding hydrogens is 482 g/mol. The van der Waals surface area contributed by atoms with Crippen LogP contribution in [0.2, 0.25) is 0 Å². The van der Waals surface area contributed by atoms with E-state index in [2.05, 4.69) is 27.7 Å². The van der Waals surface area contributed by atoms with E-state index >= 15 is 0 Å². The normalized spacial score (nSPS) is 33.7. The molecule has 0 amide bonds. The van der Waals surface area contributed by atoms with E-state index in [-0.39, 0.29) is 46.5 Å². The number of ether oxygens (including phenoxy) is 3. The fourth-order valence-corrected chi connectivity index (χ4v) is 8.36. The van der Waals surface area contributed by atoms with Crippen LogP contribution in [0.3, 0.4) is 0 Å². The number of aromatic nitrogens is 3. The van der Waals surface area contributed by atoms with Crippen LogP contribution in [0.4, 0.5) is 0 Å². The van der Waals surface area contributed by atoms with Gasteiger partial charge in [0.25, 0.3) is 0 Å². The second kappa shape index (κ2) is 8.29. The Bertz CT molecular complexity index is 1400. The molecule has 0 unspecified atom stereocenters. The highest BCUT2D eigenvalue weighted by molar-refractivity contribution is 5.35. The third kappa shape index (κ3) is 3.45. The van der Waals surface area contributed by atoms with E-state index < -0.39 is 5.79 Å². The second-order valence-electron chi connectivity index (χ2n) is 13.2. The molecule has 2 aromatic rings. The SMILES string of the molecule is CC(C)(C)O[C@H]1CC[C@H]2[C@H]3C(=C4CCC5(C[C@H]4n4c(=O)n(-c6ccccc6)c(=O)n43)OCCO5)CC[C@]12C. The first-order chi connectivity index (χ1) is 18.1. The van der Waals surface area contributed by atoms with Gasteiger partial charge in [-0.3, -0.25) is 0 Å². The summed E-state index contributed by atoms with van der Waals surface area (Å²) in [7, 11) is 0. The Kier molecular flexibility index (Phi) is 5.37. The summed E-state index contributed by atoms with van der Waals surface area (Å²) in [6.07, 6.45) is 6.26. The van der Waals surface area contributed by atoms with Crippen molar-refractivity contribution in [3.05, 3.63) is 62.4 Å². The topological polar surface area (TPSA) is 76.6 Å². The molecule has 1 aromatic carbocycles. The number of para-hydroxylation sites is 1. The van der Waals surface area contributed by atoms with Crippen molar-refractivity contribution in [2.24, 2.45) is 11.3 Å². The molecule has 7 rings (SSSR count). The quantitative estimate of drug-likeness (QED) is 0.544. The third-order valence-corrected chi connectivity index (χ3v) is 9.98. The van der Waals surface area contributed by atoms with Crippen molar-refractivity contribution < 1.29 is 14.2 Å². The van der Waals surface area contributed by atoms with Gasteiger partial charge in [-0.1, -0.05) is 25.1 Å². The fraction of sp³-hybridized carbons (Fsp3) is 0.667. The summed E-state index contributed by atoms with van der Waals surface area (Å²) in [5, 5.41) is 0. The predicted molar refractivity (Wildman–Crippen MR) is 143 cm³/mol. The van der Waals surface area contributed by atoms with Gasteiger partial charge in [-0.25, -0.2) is 23.5 Å². The molecule has 8 heteroatoms. The number of hydrogen-bond acceptors (Lipinski definition) is 5. The maximum absolute atomic E-state index is 14.3. The summed E-state index contributed by atoms with van der Waals surface area (Å²) in [5.41, 5.74) is 2.50. The van der Waals surface area contributed by atoms with E-state index in [4.69, 9.17) is 14.2 Å². The second-order valence-corrected chi connectivity index (χ2v) is 13.2. The summed E-state index contributed by atoms with van der Waals surface area (Å²) in [6.45, 7) is 9.87. The smallest absolute Gasteiger partial charge is 0.352 e. The average molecular weight is 522 g/mol. The Morgan fingerprint density at radius 1 is 0.921 bits per heavy atom. The van der Waals surface area contributed by atoms with Crippen LogP contribution in [-0.2, 0) is 14.2 Å². The highest BCUT2D eigenvalue weighted by Crippen LogP contribution is 2.62. The van der Waals surface area contributed by atoms with Crippen LogP contribution < -0.4 is 11.4 Å². The lowest BCUT2D eigenvalue weighted by molar-refractivity contribution is -0.181. The molecule has 3 heterocycles. The van der Waals surface area contributed by atoms with Crippen molar-refractivity contribution in [1.82, 2.24) is 13.9 Å². The standard InChI is InChI=1S/C30H39N3O5/c1-28(2,3)38-24-11-10-22-25-21(12-14-29(22,24)4)20-13-15-30(36-16-17-37-30)18-23(20)32-26(34)31(27(35)33(25)32)19-8-6-5-7-9-19/h5-9,22-25H,10-18H2,1-4H3/t22-,23+,24-,25+,29-/m0/s1. The van der Waals surface area contributed by atoms with E-state index in [1.165, 1.54) is 15.7 Å². The molecule has 204 valence electrons. The number of nitrogens with zero attached hydrogens (tertiary/aromatic N) is 3. The van der Waals surface area contributed by atoms with Gasteiger partial charge in [0.1, 0.15) is 0 Å². The van der Waals surface area contributed by atoms with E-state index in [0.29, 0.717) is 25.3 Å². The molecule has 3 saturated carbocycles. The molecule has 5 aliphatic rings. The lowest BCUT2D eigenvalue weighted by Gasteiger charge is -2.51. The molecular formula is C30H39N3O5. The third-order valence-electron chi connectivity index (χ3n) is 9.98. The molecule has 5 atom stereocenters. The lowest BCUT2D eigenvalue weighted by Crippen LogP contribution is -2.52. The van der Waals surface area contributed by atoms with Crippen molar-refractivity contribution in [3.63, 3.8) is 0 Å². The number of allylic oxidation sites excluding steroid dienone is 2. The van der Waals surface area contributed by atoms with Crippen LogP contribution in [0.5, 0.6) is 0 Å². The Labute approximate surface area is 223 Å². The maximum atomic E-state index is 14.3. The zero-order chi connectivity index (χ0) is 26.4. The average Bonchev–Trinajstić information content (AvgIpc) is 3.53. The molecule has 0 radical (unpaired) electrons. The van der Waals surface area contributed by atoms with Gasteiger partial charge in [0.05, 0.1) is 42.7 Å². The lowest BCUT2D eigenvalue weighted by atomic mass is 9.62. The molecule has 1 saturated heterocycles. The molecule has 1 aromatic heterocycles. The summed E-state index contributed by atoms with van der Waals surface area (Å²) >= 11 is 0. The Morgan fingerprint density at radius 2 is 1.61 bits per heavy atom. The number of benzene rings is 1. The van der Waals surface area contributed by atoms with E-state index in [1.807, 2.05) is 35.0 Å². The van der Waals surface area contributed by atoms with Gasteiger partial charge in [-0.15, -0.1) is 0 Å². The monoisotopic (exact) mass is 521 g/mol. The molecule has 1 spiro atoms.